The molecule has 1 heterocycles. The zero-order chi connectivity index (χ0) is 18.2. The van der Waals surface area contributed by atoms with Gasteiger partial charge in [-0.1, -0.05) is 17.7 Å². The molecule has 0 saturated heterocycles. The summed E-state index contributed by atoms with van der Waals surface area (Å²) >= 11 is 0. The molecule has 25 heavy (non-hydrogen) atoms. The largest absolute Gasteiger partial charge is 0.478 e. The van der Waals surface area contributed by atoms with E-state index in [0.717, 1.165) is 11.6 Å². The van der Waals surface area contributed by atoms with Crippen LogP contribution >= 0.6 is 0 Å². The summed E-state index contributed by atoms with van der Waals surface area (Å²) in [6, 6.07) is 11.4. The number of aryl methyl sites for hydroxylation is 1. The van der Waals surface area contributed by atoms with Gasteiger partial charge >= 0.3 is 12.1 Å². The molecule has 0 bridgehead atoms. The van der Waals surface area contributed by atoms with Crippen LogP contribution in [0.4, 0.5) is 13.2 Å². The van der Waals surface area contributed by atoms with Gasteiger partial charge in [0.25, 0.3) is 0 Å². The SMILES string of the molecule is Cc1ccc(Oc2ccc3c(c2)C=C(C(=O)O)C(C(F)(F)F)O3)cc1. The van der Waals surface area contributed by atoms with E-state index in [1.807, 2.05) is 19.1 Å². The summed E-state index contributed by atoms with van der Waals surface area (Å²) in [5.41, 5.74) is 0.397. The Morgan fingerprint density at radius 2 is 1.76 bits per heavy atom. The van der Waals surface area contributed by atoms with Gasteiger partial charge in [-0.3, -0.25) is 0 Å². The van der Waals surface area contributed by atoms with Gasteiger partial charge in [-0.05, 0) is 43.3 Å². The number of alkyl halides is 3. The van der Waals surface area contributed by atoms with Crippen molar-refractivity contribution in [2.24, 2.45) is 0 Å². The summed E-state index contributed by atoms with van der Waals surface area (Å²) in [7, 11) is 0. The Labute approximate surface area is 141 Å². The van der Waals surface area contributed by atoms with E-state index in [9.17, 15) is 18.0 Å². The maximum absolute atomic E-state index is 13.0. The number of hydrogen-bond acceptors (Lipinski definition) is 3. The second-order valence-electron chi connectivity index (χ2n) is 5.56. The number of carboxylic acid groups (broad SMARTS) is 1. The highest BCUT2D eigenvalue weighted by molar-refractivity contribution is 5.95. The molecule has 3 rings (SSSR count). The molecule has 7 heteroatoms. The Morgan fingerprint density at radius 3 is 2.36 bits per heavy atom. The zero-order valence-electron chi connectivity index (χ0n) is 13.0. The predicted octanol–water partition coefficient (Wildman–Crippen LogP) is 4.58. The van der Waals surface area contributed by atoms with Crippen LogP contribution in [0.5, 0.6) is 17.2 Å². The first kappa shape index (κ1) is 16.9. The fourth-order valence-electron chi connectivity index (χ4n) is 2.40. The van der Waals surface area contributed by atoms with Crippen molar-refractivity contribution < 1.29 is 32.5 Å². The first-order valence-corrected chi connectivity index (χ1v) is 7.31. The monoisotopic (exact) mass is 350 g/mol. The van der Waals surface area contributed by atoms with Crippen LogP contribution in [0, 0.1) is 6.92 Å². The third-order valence-electron chi connectivity index (χ3n) is 3.62. The number of halogens is 3. The van der Waals surface area contributed by atoms with Crippen LogP contribution in [-0.4, -0.2) is 23.4 Å². The van der Waals surface area contributed by atoms with Crippen LogP contribution in [0.15, 0.2) is 48.0 Å². The molecule has 2 aromatic rings. The smallest absolute Gasteiger partial charge is 0.430 e. The summed E-state index contributed by atoms with van der Waals surface area (Å²) in [6.45, 7) is 1.93. The zero-order valence-corrected chi connectivity index (χ0v) is 13.0. The number of ether oxygens (including phenoxy) is 2. The molecule has 0 radical (unpaired) electrons. The van der Waals surface area contributed by atoms with Crippen molar-refractivity contribution >= 4 is 12.0 Å². The van der Waals surface area contributed by atoms with Crippen LogP contribution in [0.3, 0.4) is 0 Å². The molecule has 4 nitrogen and oxygen atoms in total. The molecule has 1 atom stereocenters. The highest BCUT2D eigenvalue weighted by Gasteiger charge is 2.48. The second kappa shape index (κ2) is 6.16. The van der Waals surface area contributed by atoms with E-state index in [4.69, 9.17) is 14.6 Å². The third kappa shape index (κ3) is 3.60. The van der Waals surface area contributed by atoms with Crippen LogP contribution in [0.2, 0.25) is 0 Å². The van der Waals surface area contributed by atoms with Crippen molar-refractivity contribution in [3.05, 3.63) is 59.2 Å². The number of aliphatic carboxylic acids is 1. The second-order valence-corrected chi connectivity index (χ2v) is 5.56. The van der Waals surface area contributed by atoms with Gasteiger partial charge in [-0.25, -0.2) is 4.79 Å². The molecule has 0 saturated carbocycles. The van der Waals surface area contributed by atoms with Crippen molar-refractivity contribution in [3.8, 4) is 17.2 Å². The molecule has 1 aliphatic heterocycles. The Hall–Kier alpha value is -2.96. The number of carbonyl (C=O) groups is 1. The molecule has 0 fully saturated rings. The number of benzene rings is 2. The lowest BCUT2D eigenvalue weighted by Crippen LogP contribution is -2.40. The van der Waals surface area contributed by atoms with Gasteiger partial charge in [0.05, 0.1) is 5.57 Å². The summed E-state index contributed by atoms with van der Waals surface area (Å²) < 4.78 is 49.5. The quantitative estimate of drug-likeness (QED) is 0.880. The van der Waals surface area contributed by atoms with E-state index in [1.165, 1.54) is 18.2 Å². The molecule has 0 spiro atoms. The number of hydrogen-bond donors (Lipinski definition) is 1. The fraction of sp³-hybridized carbons (Fsp3) is 0.167. The van der Waals surface area contributed by atoms with Crippen molar-refractivity contribution in [2.75, 3.05) is 0 Å². The minimum absolute atomic E-state index is 0.0522. The van der Waals surface area contributed by atoms with E-state index in [2.05, 4.69) is 0 Å². The Bertz CT molecular complexity index is 838. The molecule has 1 N–H and O–H groups in total. The number of carboxylic acids is 1. The van der Waals surface area contributed by atoms with Gasteiger partial charge in [0.1, 0.15) is 17.2 Å². The molecule has 1 aliphatic rings. The molecular weight excluding hydrogens is 337 g/mol. The Balaban J connectivity index is 1.93. The van der Waals surface area contributed by atoms with Gasteiger partial charge in [0.2, 0.25) is 6.10 Å². The average Bonchev–Trinajstić information content (AvgIpc) is 2.55. The minimum Gasteiger partial charge on any atom is -0.478 e. The standard InChI is InChI=1S/C18H13F3O4/c1-10-2-4-12(5-3-10)24-13-6-7-15-11(8-13)9-14(17(22)23)16(25-15)18(19,20)21/h2-9,16H,1H3,(H,22,23). The molecular formula is C18H13F3O4. The highest BCUT2D eigenvalue weighted by Crippen LogP contribution is 2.39. The lowest BCUT2D eigenvalue weighted by Gasteiger charge is -2.27. The first-order valence-electron chi connectivity index (χ1n) is 7.31. The fourth-order valence-corrected chi connectivity index (χ4v) is 2.40. The average molecular weight is 350 g/mol. The van der Waals surface area contributed by atoms with Crippen LogP contribution in [-0.2, 0) is 4.79 Å². The van der Waals surface area contributed by atoms with Gasteiger partial charge < -0.3 is 14.6 Å². The Kier molecular flexibility index (Phi) is 4.16. The predicted molar refractivity (Wildman–Crippen MR) is 83.8 cm³/mol. The normalized spacial score (nSPS) is 16.5. The van der Waals surface area contributed by atoms with Crippen molar-refractivity contribution in [2.45, 2.75) is 19.2 Å². The van der Waals surface area contributed by atoms with E-state index in [-0.39, 0.29) is 11.3 Å². The van der Waals surface area contributed by atoms with Gasteiger partial charge in [-0.15, -0.1) is 0 Å². The molecule has 1 unspecified atom stereocenters. The van der Waals surface area contributed by atoms with Crippen molar-refractivity contribution in [3.63, 3.8) is 0 Å². The lowest BCUT2D eigenvalue weighted by atomic mass is 10.0. The van der Waals surface area contributed by atoms with Gasteiger partial charge in [0.15, 0.2) is 0 Å². The summed E-state index contributed by atoms with van der Waals surface area (Å²) in [5, 5.41) is 9.05. The first-order chi connectivity index (χ1) is 11.7. The van der Waals surface area contributed by atoms with E-state index < -0.39 is 23.8 Å². The highest BCUT2D eigenvalue weighted by atomic mass is 19.4. The van der Waals surface area contributed by atoms with Crippen LogP contribution in [0.1, 0.15) is 11.1 Å². The minimum atomic E-state index is -4.82. The number of fused-ring (bicyclic) bond motifs is 1. The van der Waals surface area contributed by atoms with Crippen molar-refractivity contribution in [1.82, 2.24) is 0 Å². The molecule has 0 aliphatic carbocycles. The summed E-state index contributed by atoms with van der Waals surface area (Å²) in [6.07, 6.45) is -6.36. The topological polar surface area (TPSA) is 55.8 Å². The summed E-state index contributed by atoms with van der Waals surface area (Å²) in [5.74, 6) is -0.822. The molecule has 2 aromatic carbocycles. The van der Waals surface area contributed by atoms with E-state index in [0.29, 0.717) is 11.5 Å². The van der Waals surface area contributed by atoms with Crippen LogP contribution < -0.4 is 9.47 Å². The maximum Gasteiger partial charge on any atom is 0.430 e. The van der Waals surface area contributed by atoms with Gasteiger partial charge in [-0.2, -0.15) is 13.2 Å². The summed E-state index contributed by atoms with van der Waals surface area (Å²) in [4.78, 5) is 11.1. The molecule has 0 aromatic heterocycles. The number of rotatable bonds is 3. The van der Waals surface area contributed by atoms with E-state index >= 15 is 0 Å². The third-order valence-corrected chi connectivity index (χ3v) is 3.62. The van der Waals surface area contributed by atoms with Gasteiger partial charge in [0, 0.05) is 5.56 Å². The van der Waals surface area contributed by atoms with Crippen LogP contribution in [0.25, 0.3) is 6.08 Å². The molecule has 0 amide bonds. The lowest BCUT2D eigenvalue weighted by molar-refractivity contribution is -0.187. The maximum atomic E-state index is 13.0. The van der Waals surface area contributed by atoms with Crippen molar-refractivity contribution in [1.29, 1.82) is 0 Å². The Morgan fingerprint density at radius 1 is 1.12 bits per heavy atom. The molecule has 130 valence electrons. The van der Waals surface area contributed by atoms with E-state index in [1.54, 1.807) is 12.1 Å².